The van der Waals surface area contributed by atoms with Crippen LogP contribution in [-0.4, -0.2) is 21.4 Å². The molecule has 3 rings (SSSR count). The van der Waals surface area contributed by atoms with Crippen LogP contribution >= 0.6 is 11.3 Å². The second kappa shape index (κ2) is 6.45. The standard InChI is InChI=1S/C17H18N4O2S/c1-10-11(2)24-17(18-10)20-16(23)9-21-8-7-13-14(19-12(3)22)5-4-6-15(13)21/h4-8H,9H2,1-3H3,(H,19,22)(H,18,20,23). The van der Waals surface area contributed by atoms with E-state index >= 15 is 0 Å². The van der Waals surface area contributed by atoms with Crippen molar-refractivity contribution in [1.29, 1.82) is 0 Å². The summed E-state index contributed by atoms with van der Waals surface area (Å²) in [4.78, 5) is 29.0. The molecule has 2 aromatic heterocycles. The van der Waals surface area contributed by atoms with Gasteiger partial charge in [0.1, 0.15) is 6.54 Å². The third-order valence-corrected chi connectivity index (χ3v) is 4.70. The number of nitrogens with one attached hydrogen (secondary N) is 2. The molecule has 2 heterocycles. The number of hydrogen-bond acceptors (Lipinski definition) is 4. The summed E-state index contributed by atoms with van der Waals surface area (Å²) in [5.74, 6) is -0.256. The first-order valence-corrected chi connectivity index (χ1v) is 8.35. The van der Waals surface area contributed by atoms with Crippen LogP contribution in [0.4, 0.5) is 10.8 Å². The number of anilines is 2. The predicted molar refractivity (Wildman–Crippen MR) is 96.5 cm³/mol. The number of aromatic nitrogens is 2. The number of thiazole rings is 1. The lowest BCUT2D eigenvalue weighted by molar-refractivity contribution is -0.116. The summed E-state index contributed by atoms with van der Waals surface area (Å²) in [5, 5.41) is 7.15. The summed E-state index contributed by atoms with van der Waals surface area (Å²) in [5.41, 5.74) is 2.56. The van der Waals surface area contributed by atoms with Gasteiger partial charge in [0.25, 0.3) is 0 Å². The van der Waals surface area contributed by atoms with E-state index in [2.05, 4.69) is 15.6 Å². The molecule has 0 saturated carbocycles. The van der Waals surface area contributed by atoms with Gasteiger partial charge in [0.2, 0.25) is 11.8 Å². The molecule has 0 radical (unpaired) electrons. The SMILES string of the molecule is CC(=O)Nc1cccc2c1ccn2CC(=O)Nc1nc(C)c(C)s1. The molecule has 3 aromatic rings. The number of amides is 2. The molecule has 6 nitrogen and oxygen atoms in total. The Morgan fingerprint density at radius 1 is 1.21 bits per heavy atom. The lowest BCUT2D eigenvalue weighted by Gasteiger charge is -2.07. The second-order valence-electron chi connectivity index (χ2n) is 5.57. The Hall–Kier alpha value is -2.67. The van der Waals surface area contributed by atoms with Crippen LogP contribution in [0, 0.1) is 13.8 Å². The smallest absolute Gasteiger partial charge is 0.246 e. The van der Waals surface area contributed by atoms with Gasteiger partial charge in [0.15, 0.2) is 5.13 Å². The molecule has 0 unspecified atom stereocenters. The van der Waals surface area contributed by atoms with Gasteiger partial charge in [-0.2, -0.15) is 0 Å². The molecule has 0 spiro atoms. The van der Waals surface area contributed by atoms with Gasteiger partial charge in [0.05, 0.1) is 16.9 Å². The lowest BCUT2D eigenvalue weighted by Crippen LogP contribution is -2.18. The highest BCUT2D eigenvalue weighted by Crippen LogP contribution is 2.25. The molecule has 124 valence electrons. The van der Waals surface area contributed by atoms with E-state index in [0.29, 0.717) is 5.13 Å². The molecule has 7 heteroatoms. The van der Waals surface area contributed by atoms with Gasteiger partial charge in [-0.15, -0.1) is 11.3 Å². The van der Waals surface area contributed by atoms with Crippen LogP contribution in [0.25, 0.3) is 10.9 Å². The van der Waals surface area contributed by atoms with Gasteiger partial charge < -0.3 is 15.2 Å². The zero-order valence-corrected chi connectivity index (χ0v) is 14.5. The molecule has 2 N–H and O–H groups in total. The first-order valence-electron chi connectivity index (χ1n) is 7.53. The van der Waals surface area contributed by atoms with Gasteiger partial charge in [-0.05, 0) is 32.0 Å². The monoisotopic (exact) mass is 342 g/mol. The van der Waals surface area contributed by atoms with Crippen molar-refractivity contribution in [1.82, 2.24) is 9.55 Å². The summed E-state index contributed by atoms with van der Waals surface area (Å²) in [6.07, 6.45) is 1.84. The lowest BCUT2D eigenvalue weighted by atomic mass is 10.2. The van der Waals surface area contributed by atoms with E-state index in [9.17, 15) is 9.59 Å². The molecule has 2 amide bonds. The Kier molecular flexibility index (Phi) is 4.35. The molecular weight excluding hydrogens is 324 g/mol. The molecule has 0 aliphatic carbocycles. The molecule has 1 aromatic carbocycles. The van der Waals surface area contributed by atoms with Crippen molar-refractivity contribution in [3.8, 4) is 0 Å². The van der Waals surface area contributed by atoms with Crippen molar-refractivity contribution >= 4 is 44.9 Å². The van der Waals surface area contributed by atoms with E-state index in [4.69, 9.17) is 0 Å². The number of rotatable bonds is 4. The van der Waals surface area contributed by atoms with Crippen molar-refractivity contribution in [2.45, 2.75) is 27.3 Å². The second-order valence-corrected chi connectivity index (χ2v) is 6.78. The molecular formula is C17H18N4O2S. The average molecular weight is 342 g/mol. The van der Waals surface area contributed by atoms with Crippen LogP contribution in [0.5, 0.6) is 0 Å². The number of carbonyl (C=O) groups excluding carboxylic acids is 2. The minimum absolute atomic E-state index is 0.123. The van der Waals surface area contributed by atoms with E-state index in [1.54, 1.807) is 0 Å². The Morgan fingerprint density at radius 3 is 2.67 bits per heavy atom. The Morgan fingerprint density at radius 2 is 2.00 bits per heavy atom. The Labute approximate surface area is 143 Å². The third-order valence-electron chi connectivity index (χ3n) is 3.71. The molecule has 0 saturated heterocycles. The number of nitrogens with zero attached hydrogens (tertiary/aromatic N) is 2. The third kappa shape index (κ3) is 3.30. The molecule has 0 bridgehead atoms. The normalized spacial score (nSPS) is 10.8. The van der Waals surface area contributed by atoms with Gasteiger partial charge in [0, 0.05) is 23.4 Å². The average Bonchev–Trinajstić information content (AvgIpc) is 3.03. The Balaban J connectivity index is 1.80. The predicted octanol–water partition coefficient (Wildman–Crippen LogP) is 3.31. The maximum Gasteiger partial charge on any atom is 0.246 e. The number of carbonyl (C=O) groups is 2. The van der Waals surface area contributed by atoms with E-state index in [0.717, 1.165) is 27.2 Å². The van der Waals surface area contributed by atoms with Crippen molar-refractivity contribution in [3.05, 3.63) is 41.0 Å². The van der Waals surface area contributed by atoms with Crippen LogP contribution in [0.1, 0.15) is 17.5 Å². The van der Waals surface area contributed by atoms with Crippen LogP contribution in [0.15, 0.2) is 30.5 Å². The Bertz CT molecular complexity index is 906. The largest absolute Gasteiger partial charge is 0.338 e. The highest BCUT2D eigenvalue weighted by atomic mass is 32.1. The zero-order chi connectivity index (χ0) is 17.3. The van der Waals surface area contributed by atoms with Crippen molar-refractivity contribution in [3.63, 3.8) is 0 Å². The maximum atomic E-state index is 12.3. The van der Waals surface area contributed by atoms with Crippen molar-refractivity contribution in [2.75, 3.05) is 10.6 Å². The molecule has 24 heavy (non-hydrogen) atoms. The molecule has 0 atom stereocenters. The highest BCUT2D eigenvalue weighted by Gasteiger charge is 2.11. The van der Waals surface area contributed by atoms with Crippen LogP contribution in [-0.2, 0) is 16.1 Å². The van der Waals surface area contributed by atoms with Crippen molar-refractivity contribution in [2.24, 2.45) is 0 Å². The molecule has 0 aliphatic rings. The fourth-order valence-electron chi connectivity index (χ4n) is 2.50. The van der Waals surface area contributed by atoms with Gasteiger partial charge in [-0.3, -0.25) is 9.59 Å². The van der Waals surface area contributed by atoms with E-state index < -0.39 is 0 Å². The summed E-state index contributed by atoms with van der Waals surface area (Å²) >= 11 is 1.47. The van der Waals surface area contributed by atoms with E-state index in [1.165, 1.54) is 18.3 Å². The van der Waals surface area contributed by atoms with Crippen LogP contribution in [0.3, 0.4) is 0 Å². The maximum absolute atomic E-state index is 12.3. The minimum Gasteiger partial charge on any atom is -0.338 e. The molecule has 0 fully saturated rings. The fraction of sp³-hybridized carbons (Fsp3) is 0.235. The van der Waals surface area contributed by atoms with E-state index in [1.807, 2.05) is 48.9 Å². The van der Waals surface area contributed by atoms with Gasteiger partial charge >= 0.3 is 0 Å². The number of benzene rings is 1. The molecule has 0 aliphatic heterocycles. The fourth-order valence-corrected chi connectivity index (χ4v) is 3.33. The van der Waals surface area contributed by atoms with Crippen LogP contribution < -0.4 is 10.6 Å². The summed E-state index contributed by atoms with van der Waals surface area (Å²) in [6.45, 7) is 5.56. The van der Waals surface area contributed by atoms with Crippen molar-refractivity contribution < 1.29 is 9.59 Å². The number of fused-ring (bicyclic) bond motifs is 1. The van der Waals surface area contributed by atoms with Gasteiger partial charge in [-0.25, -0.2) is 4.98 Å². The quantitative estimate of drug-likeness (QED) is 0.764. The summed E-state index contributed by atoms with van der Waals surface area (Å²) in [6, 6.07) is 7.52. The first-order chi connectivity index (χ1) is 11.4. The summed E-state index contributed by atoms with van der Waals surface area (Å²) < 4.78 is 1.85. The topological polar surface area (TPSA) is 76.0 Å². The van der Waals surface area contributed by atoms with E-state index in [-0.39, 0.29) is 18.4 Å². The van der Waals surface area contributed by atoms with Crippen LogP contribution in [0.2, 0.25) is 0 Å². The zero-order valence-electron chi connectivity index (χ0n) is 13.7. The summed E-state index contributed by atoms with van der Waals surface area (Å²) in [7, 11) is 0. The number of hydrogen-bond donors (Lipinski definition) is 2. The minimum atomic E-state index is -0.133. The van der Waals surface area contributed by atoms with Gasteiger partial charge in [-0.1, -0.05) is 6.07 Å². The highest BCUT2D eigenvalue weighted by molar-refractivity contribution is 7.15. The number of aryl methyl sites for hydroxylation is 2. The first kappa shape index (κ1) is 16.2.